The van der Waals surface area contributed by atoms with Gasteiger partial charge in [0.2, 0.25) is 0 Å². The van der Waals surface area contributed by atoms with E-state index in [2.05, 4.69) is 10.6 Å². The molecule has 3 N–H and O–H groups in total. The maximum Gasteiger partial charge on any atom is 0.319 e. The standard InChI is InChI=1S/C16H25FN2O3/c1-10(2)22-13-7-6-11(17)8-12(13)19-15(21)18-9-14(20)16(3,4)5/h6-8,10,14,20H,9H2,1-5H3,(H2,18,19,21). The number of hydrogen-bond donors (Lipinski definition) is 3. The van der Waals surface area contributed by atoms with E-state index in [-0.39, 0.29) is 23.8 Å². The summed E-state index contributed by atoms with van der Waals surface area (Å²) in [4.78, 5) is 11.9. The third-order valence-electron chi connectivity index (χ3n) is 3.01. The van der Waals surface area contributed by atoms with Crippen LogP contribution in [0.5, 0.6) is 5.75 Å². The number of carbonyl (C=O) groups is 1. The molecule has 124 valence electrons. The predicted molar refractivity (Wildman–Crippen MR) is 84.6 cm³/mol. The minimum atomic E-state index is -0.683. The van der Waals surface area contributed by atoms with Gasteiger partial charge in [0.1, 0.15) is 11.6 Å². The van der Waals surface area contributed by atoms with Gasteiger partial charge in [-0.25, -0.2) is 9.18 Å². The quantitative estimate of drug-likeness (QED) is 0.782. The summed E-state index contributed by atoms with van der Waals surface area (Å²) in [7, 11) is 0. The first-order valence-corrected chi connectivity index (χ1v) is 7.28. The Bertz CT molecular complexity index is 513. The van der Waals surface area contributed by atoms with Crippen molar-refractivity contribution in [2.45, 2.75) is 46.8 Å². The molecule has 2 amide bonds. The molecule has 1 aromatic carbocycles. The van der Waals surface area contributed by atoms with Crippen molar-refractivity contribution in [2.24, 2.45) is 5.41 Å². The van der Waals surface area contributed by atoms with Crippen LogP contribution in [0, 0.1) is 11.2 Å². The van der Waals surface area contributed by atoms with E-state index in [1.165, 1.54) is 18.2 Å². The lowest BCUT2D eigenvalue weighted by atomic mass is 9.89. The lowest BCUT2D eigenvalue weighted by Crippen LogP contribution is -2.40. The van der Waals surface area contributed by atoms with E-state index in [0.717, 1.165) is 0 Å². The van der Waals surface area contributed by atoms with Crippen LogP contribution in [0.3, 0.4) is 0 Å². The van der Waals surface area contributed by atoms with Crippen molar-refractivity contribution >= 4 is 11.7 Å². The number of ether oxygens (including phenoxy) is 1. The number of urea groups is 1. The molecule has 0 heterocycles. The molecule has 0 aromatic heterocycles. The topological polar surface area (TPSA) is 70.6 Å². The summed E-state index contributed by atoms with van der Waals surface area (Å²) in [5.41, 5.74) is -0.0886. The van der Waals surface area contributed by atoms with Crippen molar-refractivity contribution in [2.75, 3.05) is 11.9 Å². The van der Waals surface area contributed by atoms with E-state index in [9.17, 15) is 14.3 Å². The second-order valence-electron chi connectivity index (χ2n) is 6.52. The average molecular weight is 312 g/mol. The Hall–Kier alpha value is -1.82. The highest BCUT2D eigenvalue weighted by molar-refractivity contribution is 5.90. The molecule has 0 radical (unpaired) electrons. The summed E-state index contributed by atoms with van der Waals surface area (Å²) in [6, 6.07) is 3.40. The third kappa shape index (κ3) is 5.89. The van der Waals surface area contributed by atoms with Crippen LogP contribution in [0.15, 0.2) is 18.2 Å². The van der Waals surface area contributed by atoms with Gasteiger partial charge in [0.15, 0.2) is 0 Å². The second-order valence-corrected chi connectivity index (χ2v) is 6.52. The number of nitrogens with one attached hydrogen (secondary N) is 2. The fourth-order valence-corrected chi connectivity index (χ4v) is 1.62. The maximum atomic E-state index is 13.3. The van der Waals surface area contributed by atoms with Crippen molar-refractivity contribution < 1.29 is 19.0 Å². The molecule has 0 aliphatic rings. The largest absolute Gasteiger partial charge is 0.489 e. The number of hydrogen-bond acceptors (Lipinski definition) is 3. The summed E-state index contributed by atoms with van der Waals surface area (Å²) < 4.78 is 18.9. The maximum absolute atomic E-state index is 13.3. The molecular formula is C16H25FN2O3. The normalized spacial score (nSPS) is 12.9. The van der Waals surface area contributed by atoms with Crippen LogP contribution in [0.4, 0.5) is 14.9 Å². The number of aliphatic hydroxyl groups is 1. The van der Waals surface area contributed by atoms with Crippen LogP contribution < -0.4 is 15.4 Å². The van der Waals surface area contributed by atoms with Crippen LogP contribution >= 0.6 is 0 Å². The van der Waals surface area contributed by atoms with E-state index in [1.807, 2.05) is 34.6 Å². The van der Waals surface area contributed by atoms with Crippen LogP contribution in [-0.4, -0.2) is 29.9 Å². The zero-order valence-corrected chi connectivity index (χ0v) is 13.7. The number of benzene rings is 1. The first-order valence-electron chi connectivity index (χ1n) is 7.28. The van der Waals surface area contributed by atoms with E-state index < -0.39 is 18.0 Å². The van der Waals surface area contributed by atoms with Gasteiger partial charge in [-0.05, 0) is 31.4 Å². The van der Waals surface area contributed by atoms with Crippen LogP contribution in [0.1, 0.15) is 34.6 Å². The van der Waals surface area contributed by atoms with Gasteiger partial charge in [0.05, 0.1) is 17.9 Å². The predicted octanol–water partition coefficient (Wildman–Crippen LogP) is 3.14. The summed E-state index contributed by atoms with van der Waals surface area (Å²) in [5, 5.41) is 15.0. The van der Waals surface area contributed by atoms with Crippen molar-refractivity contribution in [1.29, 1.82) is 0 Å². The smallest absolute Gasteiger partial charge is 0.319 e. The second kappa shape index (κ2) is 7.45. The highest BCUT2D eigenvalue weighted by Gasteiger charge is 2.22. The van der Waals surface area contributed by atoms with E-state index in [0.29, 0.717) is 5.75 Å². The van der Waals surface area contributed by atoms with Gasteiger partial charge in [0, 0.05) is 12.6 Å². The number of amides is 2. The number of aliphatic hydroxyl groups excluding tert-OH is 1. The Balaban J connectivity index is 2.69. The van der Waals surface area contributed by atoms with Crippen LogP contribution in [0.2, 0.25) is 0 Å². The SMILES string of the molecule is CC(C)Oc1ccc(F)cc1NC(=O)NCC(O)C(C)(C)C. The van der Waals surface area contributed by atoms with Crippen molar-refractivity contribution in [3.05, 3.63) is 24.0 Å². The van der Waals surface area contributed by atoms with Gasteiger partial charge in [-0.15, -0.1) is 0 Å². The first kappa shape index (κ1) is 18.2. The summed E-state index contributed by atoms with van der Waals surface area (Å²) in [5.74, 6) is -0.0796. The van der Waals surface area contributed by atoms with E-state index in [1.54, 1.807) is 0 Å². The molecule has 1 atom stereocenters. The monoisotopic (exact) mass is 312 g/mol. The van der Waals surface area contributed by atoms with Crippen molar-refractivity contribution in [3.63, 3.8) is 0 Å². The number of rotatable bonds is 5. The fraction of sp³-hybridized carbons (Fsp3) is 0.562. The minimum absolute atomic E-state index is 0.100. The average Bonchev–Trinajstić information content (AvgIpc) is 2.37. The molecule has 0 spiro atoms. The molecule has 1 rings (SSSR count). The zero-order chi connectivity index (χ0) is 16.9. The molecular weight excluding hydrogens is 287 g/mol. The molecule has 0 aliphatic carbocycles. The first-order chi connectivity index (χ1) is 10.1. The molecule has 6 heteroatoms. The molecule has 5 nitrogen and oxygen atoms in total. The summed E-state index contributed by atoms with van der Waals surface area (Å²) in [6.45, 7) is 9.40. The molecule has 0 saturated carbocycles. The van der Waals surface area contributed by atoms with Crippen LogP contribution in [-0.2, 0) is 0 Å². The molecule has 0 fully saturated rings. The highest BCUT2D eigenvalue weighted by Crippen LogP contribution is 2.26. The van der Waals surface area contributed by atoms with Gasteiger partial charge in [-0.3, -0.25) is 0 Å². The number of anilines is 1. The lowest BCUT2D eigenvalue weighted by molar-refractivity contribution is 0.0654. The highest BCUT2D eigenvalue weighted by atomic mass is 19.1. The van der Waals surface area contributed by atoms with Crippen LogP contribution in [0.25, 0.3) is 0 Å². The van der Waals surface area contributed by atoms with E-state index in [4.69, 9.17) is 4.74 Å². The van der Waals surface area contributed by atoms with Crippen molar-refractivity contribution in [3.8, 4) is 5.75 Å². The van der Waals surface area contributed by atoms with Gasteiger partial charge < -0.3 is 20.5 Å². The molecule has 22 heavy (non-hydrogen) atoms. The van der Waals surface area contributed by atoms with Crippen molar-refractivity contribution in [1.82, 2.24) is 5.32 Å². The molecule has 0 aliphatic heterocycles. The van der Waals surface area contributed by atoms with Gasteiger partial charge in [-0.1, -0.05) is 20.8 Å². The number of halogens is 1. The lowest BCUT2D eigenvalue weighted by Gasteiger charge is -2.26. The summed E-state index contributed by atoms with van der Waals surface area (Å²) in [6.07, 6.45) is -0.783. The Labute approximate surface area is 130 Å². The third-order valence-corrected chi connectivity index (χ3v) is 3.01. The Kier molecular flexibility index (Phi) is 6.17. The van der Waals surface area contributed by atoms with Gasteiger partial charge >= 0.3 is 6.03 Å². The van der Waals surface area contributed by atoms with E-state index >= 15 is 0 Å². The van der Waals surface area contributed by atoms with Gasteiger partial charge in [-0.2, -0.15) is 0 Å². The number of carbonyl (C=O) groups excluding carboxylic acids is 1. The Morgan fingerprint density at radius 2 is 2.00 bits per heavy atom. The molecule has 0 saturated heterocycles. The Morgan fingerprint density at radius 1 is 1.36 bits per heavy atom. The summed E-state index contributed by atoms with van der Waals surface area (Å²) >= 11 is 0. The molecule has 1 unspecified atom stereocenters. The minimum Gasteiger partial charge on any atom is -0.489 e. The Morgan fingerprint density at radius 3 is 2.55 bits per heavy atom. The molecule has 1 aromatic rings. The van der Waals surface area contributed by atoms with Gasteiger partial charge in [0.25, 0.3) is 0 Å². The zero-order valence-electron chi connectivity index (χ0n) is 13.7. The fourth-order valence-electron chi connectivity index (χ4n) is 1.62. The molecule has 0 bridgehead atoms.